The Hall–Kier alpha value is -1.58. The molecule has 3 heteroatoms. The topological polar surface area (TPSA) is 39.2 Å². The van der Waals surface area contributed by atoms with Crippen molar-refractivity contribution >= 4 is 26.9 Å². The summed E-state index contributed by atoms with van der Waals surface area (Å²) in [7, 11) is 0. The molecule has 0 aliphatic carbocycles. The predicted molar refractivity (Wildman–Crippen MR) is 85.9 cm³/mol. The van der Waals surface area contributed by atoms with Crippen molar-refractivity contribution in [3.05, 3.63) is 69.4 Å². The summed E-state index contributed by atoms with van der Waals surface area (Å²) in [6, 6.07) is 14.0. The van der Waals surface area contributed by atoms with Crippen LogP contribution in [-0.2, 0) is 0 Å². The zero-order valence-electron chi connectivity index (χ0n) is 11.5. The van der Waals surface area contributed by atoms with Crippen molar-refractivity contribution in [3.63, 3.8) is 0 Å². The van der Waals surface area contributed by atoms with E-state index in [1.54, 1.807) is 0 Å². The van der Waals surface area contributed by atoms with Crippen LogP contribution in [-0.4, -0.2) is 0 Å². The minimum Gasteiger partial charge on any atom is -0.459 e. The molecule has 1 heterocycles. The summed E-state index contributed by atoms with van der Waals surface area (Å²) in [4.78, 5) is 0. The number of hydrogen-bond donors (Lipinski definition) is 1. The molecule has 1 aromatic heterocycles. The fourth-order valence-electron chi connectivity index (χ4n) is 2.59. The number of benzene rings is 2. The first kappa shape index (κ1) is 13.4. The fraction of sp³-hybridized carbons (Fsp3) is 0.176. The average molecular weight is 330 g/mol. The smallest absolute Gasteiger partial charge is 0.135 e. The van der Waals surface area contributed by atoms with Gasteiger partial charge in [0, 0.05) is 15.4 Å². The van der Waals surface area contributed by atoms with Crippen molar-refractivity contribution in [3.8, 4) is 0 Å². The van der Waals surface area contributed by atoms with E-state index in [1.165, 1.54) is 5.56 Å². The molecule has 2 N–H and O–H groups in total. The number of rotatable bonds is 2. The van der Waals surface area contributed by atoms with E-state index in [0.29, 0.717) is 0 Å². The Labute approximate surface area is 126 Å². The fourth-order valence-corrected chi connectivity index (χ4v) is 2.93. The number of halogens is 1. The Balaban J connectivity index is 2.15. The summed E-state index contributed by atoms with van der Waals surface area (Å²) in [5.41, 5.74) is 10.7. The van der Waals surface area contributed by atoms with Gasteiger partial charge in [-0.2, -0.15) is 0 Å². The van der Waals surface area contributed by atoms with Gasteiger partial charge in [-0.3, -0.25) is 0 Å². The molecule has 102 valence electrons. The van der Waals surface area contributed by atoms with Crippen molar-refractivity contribution < 1.29 is 4.42 Å². The first-order chi connectivity index (χ1) is 9.58. The van der Waals surface area contributed by atoms with E-state index in [-0.39, 0.29) is 6.04 Å². The lowest BCUT2D eigenvalue weighted by atomic mass is 9.98. The monoisotopic (exact) mass is 329 g/mol. The average Bonchev–Trinajstić information content (AvgIpc) is 2.75. The quantitative estimate of drug-likeness (QED) is 0.729. The van der Waals surface area contributed by atoms with Gasteiger partial charge >= 0.3 is 0 Å². The molecule has 2 aromatic carbocycles. The van der Waals surface area contributed by atoms with Crippen LogP contribution in [0, 0.1) is 13.8 Å². The molecule has 3 aromatic rings. The van der Waals surface area contributed by atoms with Crippen LogP contribution >= 0.6 is 15.9 Å². The van der Waals surface area contributed by atoms with Crippen molar-refractivity contribution in [2.75, 3.05) is 0 Å². The third-order valence-corrected chi connectivity index (χ3v) is 4.24. The second kappa shape index (κ2) is 5.08. The van der Waals surface area contributed by atoms with Crippen LogP contribution in [0.2, 0.25) is 0 Å². The summed E-state index contributed by atoms with van der Waals surface area (Å²) in [6.07, 6.45) is 0. The minimum absolute atomic E-state index is 0.234. The van der Waals surface area contributed by atoms with Crippen molar-refractivity contribution in [1.82, 2.24) is 0 Å². The van der Waals surface area contributed by atoms with E-state index in [0.717, 1.165) is 32.3 Å². The van der Waals surface area contributed by atoms with E-state index in [9.17, 15) is 0 Å². The summed E-state index contributed by atoms with van der Waals surface area (Å²) in [6.45, 7) is 4.14. The molecule has 0 fully saturated rings. The number of aryl methyl sites for hydroxylation is 2. The third kappa shape index (κ3) is 2.17. The van der Waals surface area contributed by atoms with E-state index in [4.69, 9.17) is 10.2 Å². The number of nitrogens with two attached hydrogens (primary N) is 1. The summed E-state index contributed by atoms with van der Waals surface area (Å²) >= 11 is 3.47. The van der Waals surface area contributed by atoms with Gasteiger partial charge in [-0.05, 0) is 43.2 Å². The second-order valence-corrected chi connectivity index (χ2v) is 5.98. The summed E-state index contributed by atoms with van der Waals surface area (Å²) < 4.78 is 7.00. The largest absolute Gasteiger partial charge is 0.459 e. The maximum absolute atomic E-state index is 6.41. The maximum atomic E-state index is 6.41. The molecule has 0 aliphatic heterocycles. The van der Waals surface area contributed by atoms with Gasteiger partial charge < -0.3 is 10.2 Å². The van der Waals surface area contributed by atoms with Crippen LogP contribution < -0.4 is 5.73 Å². The standard InChI is InChI=1S/C17H16BrNO/c1-10-5-3-4-6-13(10)16(19)17-11(2)14-8-7-12(18)9-15(14)20-17/h3-9,16H,19H2,1-2H3. The Morgan fingerprint density at radius 1 is 1.10 bits per heavy atom. The highest BCUT2D eigenvalue weighted by Gasteiger charge is 2.19. The van der Waals surface area contributed by atoms with E-state index in [1.807, 2.05) is 24.3 Å². The molecule has 0 radical (unpaired) electrons. The van der Waals surface area contributed by atoms with E-state index < -0.39 is 0 Å². The molecule has 20 heavy (non-hydrogen) atoms. The first-order valence-electron chi connectivity index (χ1n) is 6.57. The lowest BCUT2D eigenvalue weighted by Crippen LogP contribution is -2.13. The number of furan rings is 1. The summed E-state index contributed by atoms with van der Waals surface area (Å²) in [5, 5.41) is 1.12. The molecule has 1 atom stereocenters. The minimum atomic E-state index is -0.234. The van der Waals surface area contributed by atoms with Crippen LogP contribution in [0.1, 0.15) is 28.5 Å². The van der Waals surface area contributed by atoms with Crippen molar-refractivity contribution in [1.29, 1.82) is 0 Å². The molecule has 3 rings (SSSR count). The highest BCUT2D eigenvalue weighted by Crippen LogP contribution is 2.33. The van der Waals surface area contributed by atoms with Crippen LogP contribution in [0.15, 0.2) is 51.4 Å². The highest BCUT2D eigenvalue weighted by molar-refractivity contribution is 9.10. The van der Waals surface area contributed by atoms with Gasteiger partial charge in [0.25, 0.3) is 0 Å². The molecular weight excluding hydrogens is 314 g/mol. The van der Waals surface area contributed by atoms with Gasteiger partial charge in [0.15, 0.2) is 0 Å². The third-order valence-electron chi connectivity index (χ3n) is 3.74. The molecule has 2 nitrogen and oxygen atoms in total. The molecule has 0 bridgehead atoms. The number of fused-ring (bicyclic) bond motifs is 1. The molecule has 0 saturated heterocycles. The first-order valence-corrected chi connectivity index (χ1v) is 7.37. The van der Waals surface area contributed by atoms with Crippen LogP contribution in [0.3, 0.4) is 0 Å². The Morgan fingerprint density at radius 2 is 1.85 bits per heavy atom. The van der Waals surface area contributed by atoms with Crippen LogP contribution in [0.4, 0.5) is 0 Å². The summed E-state index contributed by atoms with van der Waals surface area (Å²) in [5.74, 6) is 0.840. The van der Waals surface area contributed by atoms with E-state index >= 15 is 0 Å². The lowest BCUT2D eigenvalue weighted by molar-refractivity contribution is 0.520. The molecule has 0 saturated carbocycles. The predicted octanol–water partition coefficient (Wildman–Crippen LogP) is 4.86. The van der Waals surface area contributed by atoms with Crippen molar-refractivity contribution in [2.24, 2.45) is 5.73 Å². The van der Waals surface area contributed by atoms with Gasteiger partial charge in [-0.25, -0.2) is 0 Å². The van der Waals surface area contributed by atoms with Crippen LogP contribution in [0.25, 0.3) is 11.0 Å². The lowest BCUT2D eigenvalue weighted by Gasteiger charge is -2.13. The Kier molecular flexibility index (Phi) is 3.40. The normalized spacial score (nSPS) is 12.8. The SMILES string of the molecule is Cc1ccccc1C(N)c1oc2cc(Br)ccc2c1C. The zero-order chi connectivity index (χ0) is 14.3. The Morgan fingerprint density at radius 3 is 2.60 bits per heavy atom. The molecule has 0 aliphatic rings. The molecular formula is C17H16BrNO. The van der Waals surface area contributed by atoms with Gasteiger partial charge in [0.05, 0.1) is 6.04 Å². The highest BCUT2D eigenvalue weighted by atomic mass is 79.9. The van der Waals surface area contributed by atoms with E-state index in [2.05, 4.69) is 48.0 Å². The maximum Gasteiger partial charge on any atom is 0.135 e. The second-order valence-electron chi connectivity index (χ2n) is 5.07. The van der Waals surface area contributed by atoms with Crippen LogP contribution in [0.5, 0.6) is 0 Å². The van der Waals surface area contributed by atoms with Crippen molar-refractivity contribution in [2.45, 2.75) is 19.9 Å². The van der Waals surface area contributed by atoms with Gasteiger partial charge in [-0.15, -0.1) is 0 Å². The van der Waals surface area contributed by atoms with Gasteiger partial charge in [0.1, 0.15) is 11.3 Å². The molecule has 1 unspecified atom stereocenters. The van der Waals surface area contributed by atoms with Gasteiger partial charge in [-0.1, -0.05) is 40.2 Å². The number of hydrogen-bond acceptors (Lipinski definition) is 2. The zero-order valence-corrected chi connectivity index (χ0v) is 13.1. The van der Waals surface area contributed by atoms with Gasteiger partial charge in [0.2, 0.25) is 0 Å². The molecule has 0 spiro atoms. The molecule has 0 amide bonds. The Bertz CT molecular complexity index is 776.